The number of hydrogen-bond acceptors (Lipinski definition) is 5. The number of methoxy groups -OCH3 is 1. The molecule has 0 saturated heterocycles. The van der Waals surface area contributed by atoms with Crippen LogP contribution in [0.5, 0.6) is 5.75 Å². The van der Waals surface area contributed by atoms with Crippen LogP contribution in [0.1, 0.15) is 0 Å². The fourth-order valence-corrected chi connectivity index (χ4v) is 3.72. The molecular formula is C21H17ClN6O. The van der Waals surface area contributed by atoms with Crippen molar-refractivity contribution in [1.29, 1.82) is 0 Å². The first kappa shape index (κ1) is 17.6. The van der Waals surface area contributed by atoms with E-state index in [4.69, 9.17) is 26.3 Å². The highest BCUT2D eigenvalue weighted by Gasteiger charge is 2.17. The van der Waals surface area contributed by atoms with Gasteiger partial charge in [0.1, 0.15) is 22.6 Å². The Bertz CT molecular complexity index is 1390. The van der Waals surface area contributed by atoms with Crippen molar-refractivity contribution >= 4 is 33.7 Å². The van der Waals surface area contributed by atoms with Gasteiger partial charge in [-0.15, -0.1) is 0 Å². The zero-order valence-corrected chi connectivity index (χ0v) is 16.8. The molecule has 0 amide bonds. The molecule has 0 atom stereocenters. The maximum Gasteiger partial charge on any atom is 0.142 e. The molecule has 8 heteroatoms. The fraction of sp³-hybridized carbons (Fsp3) is 0.143. The lowest BCUT2D eigenvalue weighted by molar-refractivity contribution is 0.415. The van der Waals surface area contributed by atoms with Crippen molar-refractivity contribution < 1.29 is 4.74 Å². The van der Waals surface area contributed by atoms with E-state index < -0.39 is 0 Å². The summed E-state index contributed by atoms with van der Waals surface area (Å²) >= 11 is 6.50. The molecule has 0 aliphatic rings. The third-order valence-corrected chi connectivity index (χ3v) is 5.29. The van der Waals surface area contributed by atoms with Crippen molar-refractivity contribution in [3.05, 3.63) is 53.9 Å². The number of hydrogen-bond donors (Lipinski definition) is 0. The molecule has 2 aromatic carbocycles. The summed E-state index contributed by atoms with van der Waals surface area (Å²) in [7, 11) is 5.46. The molecule has 0 radical (unpaired) electrons. The molecule has 0 aliphatic heterocycles. The number of fused-ring (bicyclic) bond motifs is 3. The van der Waals surface area contributed by atoms with Gasteiger partial charge in [0.25, 0.3) is 0 Å². The van der Waals surface area contributed by atoms with E-state index in [1.54, 1.807) is 30.3 Å². The van der Waals surface area contributed by atoms with Gasteiger partial charge in [-0.1, -0.05) is 11.6 Å². The number of imidazole rings is 1. The van der Waals surface area contributed by atoms with E-state index in [2.05, 4.69) is 10.1 Å². The van der Waals surface area contributed by atoms with E-state index in [0.717, 1.165) is 44.7 Å². The van der Waals surface area contributed by atoms with E-state index in [9.17, 15) is 0 Å². The number of rotatable bonds is 3. The van der Waals surface area contributed by atoms with Crippen molar-refractivity contribution in [3.63, 3.8) is 0 Å². The van der Waals surface area contributed by atoms with E-state index in [0.29, 0.717) is 10.8 Å². The molecule has 0 fully saturated rings. The molecule has 0 saturated carbocycles. The summed E-state index contributed by atoms with van der Waals surface area (Å²) in [5.74, 6) is 1.46. The van der Waals surface area contributed by atoms with Crippen LogP contribution in [-0.2, 0) is 14.1 Å². The van der Waals surface area contributed by atoms with Crippen LogP contribution in [0.4, 0.5) is 0 Å². The average molecular weight is 405 g/mol. The van der Waals surface area contributed by atoms with Gasteiger partial charge < -0.3 is 9.30 Å². The second kappa shape index (κ2) is 6.56. The molecule has 29 heavy (non-hydrogen) atoms. The van der Waals surface area contributed by atoms with Crippen molar-refractivity contribution in [2.45, 2.75) is 0 Å². The third-order valence-electron chi connectivity index (χ3n) is 4.98. The minimum Gasteiger partial charge on any atom is -0.497 e. The Labute approximate surface area is 171 Å². The Morgan fingerprint density at radius 1 is 1.00 bits per heavy atom. The lowest BCUT2D eigenvalue weighted by atomic mass is 10.2. The summed E-state index contributed by atoms with van der Waals surface area (Å²) in [4.78, 5) is 14.3. The molecule has 7 nitrogen and oxygen atoms in total. The predicted molar refractivity (Wildman–Crippen MR) is 113 cm³/mol. The Morgan fingerprint density at radius 3 is 2.59 bits per heavy atom. The predicted octanol–water partition coefficient (Wildman–Crippen LogP) is 4.25. The van der Waals surface area contributed by atoms with Crippen molar-refractivity contribution in [2.75, 3.05) is 7.11 Å². The lowest BCUT2D eigenvalue weighted by Crippen LogP contribution is -1.94. The van der Waals surface area contributed by atoms with Crippen molar-refractivity contribution in [2.24, 2.45) is 14.1 Å². The normalized spacial score (nSPS) is 11.4. The third kappa shape index (κ3) is 2.82. The van der Waals surface area contributed by atoms with Crippen molar-refractivity contribution in [1.82, 2.24) is 29.3 Å². The van der Waals surface area contributed by atoms with Crippen LogP contribution in [0, 0.1) is 0 Å². The fourth-order valence-electron chi connectivity index (χ4n) is 3.47. The Hall–Kier alpha value is -3.45. The van der Waals surface area contributed by atoms with Gasteiger partial charge in [-0.25, -0.2) is 9.97 Å². The molecule has 144 valence electrons. The number of nitrogens with zero attached hydrogens (tertiary/aromatic N) is 6. The van der Waals surface area contributed by atoms with Crippen LogP contribution in [0.2, 0.25) is 5.02 Å². The van der Waals surface area contributed by atoms with Gasteiger partial charge in [-0.05, 0) is 30.3 Å². The monoisotopic (exact) mass is 404 g/mol. The Balaban J connectivity index is 1.74. The Kier molecular flexibility index (Phi) is 3.99. The summed E-state index contributed by atoms with van der Waals surface area (Å²) < 4.78 is 9.01. The lowest BCUT2D eigenvalue weighted by Gasteiger charge is -2.07. The molecule has 5 rings (SSSR count). The number of aromatic nitrogens is 6. The molecule has 5 aromatic rings. The summed E-state index contributed by atoms with van der Waals surface area (Å²) in [6.45, 7) is 0. The summed E-state index contributed by atoms with van der Waals surface area (Å²) in [5, 5.41) is 4.80. The van der Waals surface area contributed by atoms with Gasteiger partial charge in [0, 0.05) is 31.4 Å². The first-order chi connectivity index (χ1) is 14.0. The first-order valence-electron chi connectivity index (χ1n) is 9.00. The molecular weight excluding hydrogens is 388 g/mol. The number of halogens is 1. The zero-order valence-electron chi connectivity index (χ0n) is 16.1. The van der Waals surface area contributed by atoms with Gasteiger partial charge in [0.2, 0.25) is 0 Å². The van der Waals surface area contributed by atoms with E-state index >= 15 is 0 Å². The molecule has 3 heterocycles. The number of aryl methyl sites for hydroxylation is 2. The van der Waals surface area contributed by atoms with Crippen LogP contribution in [0.25, 0.3) is 44.7 Å². The maximum absolute atomic E-state index is 6.50. The van der Waals surface area contributed by atoms with Gasteiger partial charge in [-0.2, -0.15) is 5.10 Å². The van der Waals surface area contributed by atoms with Crippen LogP contribution in [0.3, 0.4) is 0 Å². The van der Waals surface area contributed by atoms with E-state index in [1.807, 2.05) is 49.1 Å². The second-order valence-corrected chi connectivity index (χ2v) is 7.21. The van der Waals surface area contributed by atoms with Crippen LogP contribution < -0.4 is 4.74 Å². The topological polar surface area (TPSA) is 70.7 Å². The minimum absolute atomic E-state index is 0.578. The molecule has 0 bridgehead atoms. The van der Waals surface area contributed by atoms with E-state index in [1.165, 1.54) is 0 Å². The number of benzene rings is 2. The first-order valence-corrected chi connectivity index (χ1v) is 9.38. The standard InChI is InChI=1S/C21H17ClN6O/c1-27-11-12(9-24-27)17-10-23-16-6-7-18-20(19(16)25-17)26-21(28(18)2)14-5-4-13(29-3)8-15(14)22/h4-11H,1-3H3. The van der Waals surface area contributed by atoms with Gasteiger partial charge >= 0.3 is 0 Å². The molecule has 0 N–H and O–H groups in total. The van der Waals surface area contributed by atoms with Crippen LogP contribution in [0.15, 0.2) is 48.9 Å². The quantitative estimate of drug-likeness (QED) is 0.449. The highest BCUT2D eigenvalue weighted by Crippen LogP contribution is 2.34. The SMILES string of the molecule is COc1ccc(-c2nc3c4nc(-c5cnn(C)c5)cnc4ccc3n2C)c(Cl)c1. The highest BCUT2D eigenvalue weighted by molar-refractivity contribution is 6.33. The zero-order chi connectivity index (χ0) is 20.1. The molecule has 3 aromatic heterocycles. The molecule has 0 spiro atoms. The van der Waals surface area contributed by atoms with Gasteiger partial charge in [-0.3, -0.25) is 9.67 Å². The van der Waals surface area contributed by atoms with E-state index in [-0.39, 0.29) is 0 Å². The van der Waals surface area contributed by atoms with Gasteiger partial charge in [0.05, 0.1) is 41.3 Å². The number of ether oxygens (including phenoxy) is 1. The summed E-state index contributed by atoms with van der Waals surface area (Å²) in [5.41, 5.74) is 5.77. The Morgan fingerprint density at radius 2 is 1.86 bits per heavy atom. The highest BCUT2D eigenvalue weighted by atomic mass is 35.5. The average Bonchev–Trinajstić information content (AvgIpc) is 3.31. The molecule has 0 aliphatic carbocycles. The van der Waals surface area contributed by atoms with Gasteiger partial charge in [0.15, 0.2) is 0 Å². The second-order valence-electron chi connectivity index (χ2n) is 6.80. The van der Waals surface area contributed by atoms with Crippen LogP contribution >= 0.6 is 11.6 Å². The molecule has 0 unspecified atom stereocenters. The maximum atomic E-state index is 6.50. The van der Waals surface area contributed by atoms with Crippen LogP contribution in [-0.4, -0.2) is 36.4 Å². The minimum atomic E-state index is 0.578. The largest absolute Gasteiger partial charge is 0.497 e. The summed E-state index contributed by atoms with van der Waals surface area (Å²) in [6.07, 6.45) is 5.45. The summed E-state index contributed by atoms with van der Waals surface area (Å²) in [6, 6.07) is 9.54. The smallest absolute Gasteiger partial charge is 0.142 e. The van der Waals surface area contributed by atoms with Crippen molar-refractivity contribution in [3.8, 4) is 28.4 Å².